The molecule has 0 spiro atoms. The van der Waals surface area contributed by atoms with E-state index in [2.05, 4.69) is 4.90 Å². The standard InChI is InChI=1S/C34H42N4O4/c39-31(36-22-17-27(18-23-36)16-21-35-19-8-3-9-20-35)24-37-29(15-14-26-10-4-1-5-11-26)32(33(37)40)38-30(25-42-34(38)41)28-12-6-2-7-13-28/h1-2,4-7,10-15,27,29-30,32H,3,8-9,16-25H2/t29?,30-,32+/m1/s1. The first-order chi connectivity index (χ1) is 20.6. The number of hydrogen-bond acceptors (Lipinski definition) is 5. The Kier molecular flexibility index (Phi) is 8.89. The van der Waals surface area contributed by atoms with Crippen molar-refractivity contribution >= 4 is 24.0 Å². The number of piperidine rings is 2. The van der Waals surface area contributed by atoms with Crippen molar-refractivity contribution in [1.29, 1.82) is 0 Å². The molecule has 4 heterocycles. The summed E-state index contributed by atoms with van der Waals surface area (Å²) >= 11 is 0. The van der Waals surface area contributed by atoms with E-state index in [1.54, 1.807) is 9.80 Å². The maximum atomic E-state index is 13.7. The Morgan fingerprint density at radius 3 is 2.29 bits per heavy atom. The number of amides is 3. The molecular formula is C34H42N4O4. The lowest BCUT2D eigenvalue weighted by atomic mass is 9.90. The number of cyclic esters (lactones) is 1. The first-order valence-corrected chi connectivity index (χ1v) is 15.6. The van der Waals surface area contributed by atoms with Gasteiger partial charge in [0.2, 0.25) is 11.8 Å². The van der Waals surface area contributed by atoms with E-state index in [0.29, 0.717) is 5.92 Å². The number of nitrogens with zero attached hydrogens (tertiary/aromatic N) is 4. The lowest BCUT2D eigenvalue weighted by Crippen LogP contribution is -2.71. The zero-order chi connectivity index (χ0) is 28.9. The zero-order valence-corrected chi connectivity index (χ0v) is 24.4. The van der Waals surface area contributed by atoms with Crippen molar-refractivity contribution in [3.05, 3.63) is 77.9 Å². The van der Waals surface area contributed by atoms with Gasteiger partial charge in [-0.05, 0) is 68.8 Å². The van der Waals surface area contributed by atoms with Crippen molar-refractivity contribution in [1.82, 2.24) is 19.6 Å². The molecule has 4 saturated heterocycles. The molecular weight excluding hydrogens is 528 g/mol. The lowest BCUT2D eigenvalue weighted by molar-refractivity contribution is -0.159. The van der Waals surface area contributed by atoms with Gasteiger partial charge in [0.15, 0.2) is 0 Å². The lowest BCUT2D eigenvalue weighted by Gasteiger charge is -2.50. The maximum absolute atomic E-state index is 13.7. The summed E-state index contributed by atoms with van der Waals surface area (Å²) in [6.45, 7) is 5.33. The highest BCUT2D eigenvalue weighted by molar-refractivity contribution is 5.96. The minimum Gasteiger partial charge on any atom is -0.447 e. The summed E-state index contributed by atoms with van der Waals surface area (Å²) in [6.07, 6.45) is 10.7. The predicted molar refractivity (Wildman–Crippen MR) is 161 cm³/mol. The Balaban J connectivity index is 1.11. The first kappa shape index (κ1) is 28.5. The van der Waals surface area contributed by atoms with Crippen LogP contribution in [0.3, 0.4) is 0 Å². The maximum Gasteiger partial charge on any atom is 0.411 e. The van der Waals surface area contributed by atoms with Gasteiger partial charge in [0.25, 0.3) is 0 Å². The van der Waals surface area contributed by atoms with Crippen molar-refractivity contribution in [3.8, 4) is 0 Å². The fourth-order valence-corrected chi connectivity index (χ4v) is 6.94. The molecule has 8 heteroatoms. The number of hydrogen-bond donors (Lipinski definition) is 0. The zero-order valence-electron chi connectivity index (χ0n) is 24.4. The fourth-order valence-electron chi connectivity index (χ4n) is 6.94. The molecule has 8 nitrogen and oxygen atoms in total. The minimum atomic E-state index is -0.710. The molecule has 222 valence electrons. The highest BCUT2D eigenvalue weighted by Gasteiger charge is 2.55. The van der Waals surface area contributed by atoms with E-state index < -0.39 is 18.2 Å². The molecule has 0 radical (unpaired) electrons. The molecule has 6 rings (SSSR count). The molecule has 0 N–H and O–H groups in total. The molecule has 3 atom stereocenters. The van der Waals surface area contributed by atoms with E-state index in [1.807, 2.05) is 77.7 Å². The number of ether oxygens (including phenoxy) is 1. The Labute approximate surface area is 248 Å². The summed E-state index contributed by atoms with van der Waals surface area (Å²) in [5.41, 5.74) is 1.93. The van der Waals surface area contributed by atoms with Gasteiger partial charge in [-0.1, -0.05) is 79.2 Å². The average molecular weight is 571 g/mol. The molecule has 0 aromatic heterocycles. The molecule has 1 unspecified atom stereocenters. The number of rotatable bonds is 9. The molecule has 2 aromatic carbocycles. The van der Waals surface area contributed by atoms with Crippen LogP contribution in [0.5, 0.6) is 0 Å². The van der Waals surface area contributed by atoms with E-state index in [9.17, 15) is 14.4 Å². The Hall–Kier alpha value is -3.65. The van der Waals surface area contributed by atoms with Gasteiger partial charge in [0.05, 0.1) is 12.1 Å². The van der Waals surface area contributed by atoms with Crippen molar-refractivity contribution < 1.29 is 19.1 Å². The van der Waals surface area contributed by atoms with E-state index in [0.717, 1.165) is 37.1 Å². The second-order valence-corrected chi connectivity index (χ2v) is 12.1. The van der Waals surface area contributed by atoms with Gasteiger partial charge in [-0.25, -0.2) is 4.79 Å². The van der Waals surface area contributed by atoms with Crippen LogP contribution in [0, 0.1) is 5.92 Å². The minimum absolute atomic E-state index is 0.0157. The second kappa shape index (κ2) is 13.1. The molecule has 2 aromatic rings. The third-order valence-electron chi connectivity index (χ3n) is 9.48. The van der Waals surface area contributed by atoms with Gasteiger partial charge in [-0.3, -0.25) is 14.5 Å². The third-order valence-corrected chi connectivity index (χ3v) is 9.48. The fraction of sp³-hybridized carbons (Fsp3) is 0.500. The summed E-state index contributed by atoms with van der Waals surface area (Å²) in [6, 6.07) is 18.1. The number of carbonyl (C=O) groups excluding carboxylic acids is 3. The first-order valence-electron chi connectivity index (χ1n) is 15.6. The SMILES string of the molecule is O=C(CN1C(=O)[C@@H](N2C(=O)OC[C@@H]2c2ccccc2)C1C=Cc1ccccc1)N1CCC(CCN2CCCCC2)CC1. The van der Waals surface area contributed by atoms with Gasteiger partial charge >= 0.3 is 6.09 Å². The molecule has 3 amide bonds. The van der Waals surface area contributed by atoms with Crippen LogP contribution < -0.4 is 0 Å². The largest absolute Gasteiger partial charge is 0.447 e. The number of carbonyl (C=O) groups is 3. The molecule has 0 aliphatic carbocycles. The summed E-state index contributed by atoms with van der Waals surface area (Å²) in [4.78, 5) is 47.8. The molecule has 4 fully saturated rings. The monoisotopic (exact) mass is 570 g/mol. The average Bonchev–Trinajstić information content (AvgIpc) is 3.42. The van der Waals surface area contributed by atoms with Gasteiger partial charge in [0.1, 0.15) is 19.2 Å². The van der Waals surface area contributed by atoms with Crippen molar-refractivity contribution in [2.75, 3.05) is 45.9 Å². The van der Waals surface area contributed by atoms with E-state index >= 15 is 0 Å². The van der Waals surface area contributed by atoms with Crippen LogP contribution in [0.2, 0.25) is 0 Å². The highest BCUT2D eigenvalue weighted by atomic mass is 16.6. The Bertz CT molecular complexity index is 1250. The number of β-lactam (4-membered cyclic amide) rings is 1. The van der Waals surface area contributed by atoms with Crippen molar-refractivity contribution in [3.63, 3.8) is 0 Å². The van der Waals surface area contributed by atoms with Gasteiger partial charge in [-0.2, -0.15) is 0 Å². The van der Waals surface area contributed by atoms with Crippen LogP contribution >= 0.6 is 0 Å². The Morgan fingerprint density at radius 1 is 0.881 bits per heavy atom. The summed E-state index contributed by atoms with van der Waals surface area (Å²) < 4.78 is 5.44. The van der Waals surface area contributed by atoms with E-state index in [4.69, 9.17) is 4.74 Å². The van der Waals surface area contributed by atoms with E-state index in [1.165, 1.54) is 45.3 Å². The highest BCUT2D eigenvalue weighted by Crippen LogP contribution is 2.37. The van der Waals surface area contributed by atoms with Crippen LogP contribution in [0.25, 0.3) is 6.08 Å². The van der Waals surface area contributed by atoms with Gasteiger partial charge < -0.3 is 19.4 Å². The third kappa shape index (κ3) is 6.24. The Morgan fingerprint density at radius 2 is 1.57 bits per heavy atom. The van der Waals surface area contributed by atoms with Crippen LogP contribution in [-0.2, 0) is 14.3 Å². The molecule has 42 heavy (non-hydrogen) atoms. The van der Waals surface area contributed by atoms with Crippen LogP contribution in [-0.4, -0.2) is 95.5 Å². The molecule has 0 saturated carbocycles. The van der Waals surface area contributed by atoms with Crippen molar-refractivity contribution in [2.45, 2.75) is 56.7 Å². The number of likely N-dealkylation sites (tertiary alicyclic amines) is 3. The quantitative estimate of drug-likeness (QED) is 0.413. The van der Waals surface area contributed by atoms with Crippen LogP contribution in [0.15, 0.2) is 66.7 Å². The molecule has 4 aliphatic rings. The second-order valence-electron chi connectivity index (χ2n) is 12.1. The molecule has 0 bridgehead atoms. The smallest absolute Gasteiger partial charge is 0.411 e. The molecule has 4 aliphatic heterocycles. The summed E-state index contributed by atoms with van der Waals surface area (Å²) in [5, 5.41) is 0. The van der Waals surface area contributed by atoms with Crippen molar-refractivity contribution in [2.24, 2.45) is 5.92 Å². The van der Waals surface area contributed by atoms with Crippen LogP contribution in [0.1, 0.15) is 55.7 Å². The summed E-state index contributed by atoms with van der Waals surface area (Å²) in [5.74, 6) is 0.434. The van der Waals surface area contributed by atoms with Crippen LogP contribution in [0.4, 0.5) is 4.79 Å². The topological polar surface area (TPSA) is 73.4 Å². The normalized spacial score (nSPS) is 25.6. The number of benzene rings is 2. The van der Waals surface area contributed by atoms with Gasteiger partial charge in [-0.15, -0.1) is 0 Å². The predicted octanol–water partition coefficient (Wildman–Crippen LogP) is 4.59. The summed E-state index contributed by atoms with van der Waals surface area (Å²) in [7, 11) is 0. The van der Waals surface area contributed by atoms with E-state index in [-0.39, 0.29) is 31.0 Å². The van der Waals surface area contributed by atoms with Gasteiger partial charge in [0, 0.05) is 13.1 Å².